The first-order chi connectivity index (χ1) is 6.83. The molecular weight excluding hydrogens is 200 g/mol. The quantitative estimate of drug-likeness (QED) is 0.846. The minimum atomic E-state index is -0.663. The van der Waals surface area contributed by atoms with Gasteiger partial charge >= 0.3 is 0 Å². The zero-order chi connectivity index (χ0) is 9.97. The molecule has 2 heterocycles. The van der Waals surface area contributed by atoms with Crippen molar-refractivity contribution in [3.8, 4) is 5.75 Å². The van der Waals surface area contributed by atoms with Crippen LogP contribution in [0.1, 0.15) is 16.5 Å². The van der Waals surface area contributed by atoms with E-state index in [1.807, 2.05) is 11.4 Å². The van der Waals surface area contributed by atoms with Gasteiger partial charge in [0, 0.05) is 5.56 Å². The van der Waals surface area contributed by atoms with E-state index in [9.17, 15) is 5.11 Å². The summed E-state index contributed by atoms with van der Waals surface area (Å²) in [6.07, 6.45) is 2.41. The van der Waals surface area contributed by atoms with E-state index < -0.39 is 6.10 Å². The average molecular weight is 210 g/mol. The number of furan rings is 1. The second-order valence-electron chi connectivity index (χ2n) is 2.81. The molecule has 0 saturated carbocycles. The van der Waals surface area contributed by atoms with Crippen LogP contribution in [0.25, 0.3) is 0 Å². The summed E-state index contributed by atoms with van der Waals surface area (Å²) in [6, 6.07) is 3.58. The van der Waals surface area contributed by atoms with Gasteiger partial charge in [-0.05, 0) is 17.5 Å². The van der Waals surface area contributed by atoms with E-state index in [4.69, 9.17) is 9.15 Å². The Morgan fingerprint density at radius 3 is 3.00 bits per heavy atom. The number of methoxy groups -OCH3 is 1. The molecule has 1 unspecified atom stereocenters. The summed E-state index contributed by atoms with van der Waals surface area (Å²) in [7, 11) is 1.59. The monoisotopic (exact) mass is 210 g/mol. The Morgan fingerprint density at radius 2 is 2.36 bits per heavy atom. The maximum absolute atomic E-state index is 9.95. The van der Waals surface area contributed by atoms with Crippen molar-refractivity contribution in [2.45, 2.75) is 6.10 Å². The Balaban J connectivity index is 2.31. The second kappa shape index (κ2) is 3.86. The first-order valence-electron chi connectivity index (χ1n) is 4.14. The average Bonchev–Trinajstić information content (AvgIpc) is 2.87. The smallest absolute Gasteiger partial charge is 0.135 e. The van der Waals surface area contributed by atoms with Crippen LogP contribution >= 0.6 is 11.3 Å². The molecule has 0 bridgehead atoms. The Bertz CT molecular complexity index is 391. The van der Waals surface area contributed by atoms with Gasteiger partial charge in [0.25, 0.3) is 0 Å². The van der Waals surface area contributed by atoms with Crippen LogP contribution in [0.4, 0.5) is 0 Å². The number of aliphatic hydroxyl groups is 1. The van der Waals surface area contributed by atoms with Crippen LogP contribution in [0.15, 0.2) is 34.5 Å². The third kappa shape index (κ3) is 1.54. The van der Waals surface area contributed by atoms with E-state index >= 15 is 0 Å². The molecule has 0 amide bonds. The summed E-state index contributed by atoms with van der Waals surface area (Å²) in [5.74, 6) is 0.712. The summed E-state index contributed by atoms with van der Waals surface area (Å²) in [5.41, 5.74) is 0.741. The van der Waals surface area contributed by atoms with Crippen molar-refractivity contribution in [2.24, 2.45) is 0 Å². The van der Waals surface area contributed by atoms with Crippen LogP contribution < -0.4 is 4.74 Å². The fourth-order valence-electron chi connectivity index (χ4n) is 1.26. The maximum atomic E-state index is 9.95. The fraction of sp³-hybridized carbons (Fsp3) is 0.200. The molecule has 0 aromatic carbocycles. The van der Waals surface area contributed by atoms with E-state index in [0.29, 0.717) is 5.75 Å². The topological polar surface area (TPSA) is 42.6 Å². The molecule has 0 radical (unpaired) electrons. The van der Waals surface area contributed by atoms with Gasteiger partial charge in [-0.2, -0.15) is 0 Å². The second-order valence-corrected chi connectivity index (χ2v) is 3.76. The summed E-state index contributed by atoms with van der Waals surface area (Å²) < 4.78 is 10.0. The van der Waals surface area contributed by atoms with Gasteiger partial charge in [-0.3, -0.25) is 0 Å². The van der Waals surface area contributed by atoms with Crippen LogP contribution in [0.5, 0.6) is 5.75 Å². The Morgan fingerprint density at radius 1 is 1.50 bits per heavy atom. The highest BCUT2D eigenvalue weighted by Crippen LogP contribution is 2.34. The van der Waals surface area contributed by atoms with Crippen LogP contribution in [0.2, 0.25) is 0 Å². The van der Waals surface area contributed by atoms with Gasteiger partial charge in [-0.1, -0.05) is 0 Å². The van der Waals surface area contributed by atoms with Gasteiger partial charge < -0.3 is 14.3 Å². The SMILES string of the molecule is COc1ccsc1C(O)c1ccoc1. The van der Waals surface area contributed by atoms with Crippen LogP contribution in [0, 0.1) is 0 Å². The zero-order valence-electron chi connectivity index (χ0n) is 7.64. The standard InChI is InChI=1S/C10H10O3S/c1-12-8-3-5-14-10(8)9(11)7-2-4-13-6-7/h2-6,9,11H,1H3. The summed E-state index contributed by atoms with van der Waals surface area (Å²) >= 11 is 1.46. The molecule has 3 nitrogen and oxygen atoms in total. The Hall–Kier alpha value is -1.26. The molecule has 2 aromatic rings. The number of hydrogen-bond acceptors (Lipinski definition) is 4. The summed E-state index contributed by atoms with van der Waals surface area (Å²) in [4.78, 5) is 0.800. The van der Waals surface area contributed by atoms with Crippen molar-refractivity contribution in [2.75, 3.05) is 7.11 Å². The Labute approximate surface area is 85.6 Å². The summed E-state index contributed by atoms with van der Waals surface area (Å²) in [5, 5.41) is 11.8. The normalized spacial score (nSPS) is 12.7. The number of aliphatic hydroxyl groups excluding tert-OH is 1. The predicted molar refractivity (Wildman–Crippen MR) is 53.6 cm³/mol. The van der Waals surface area contributed by atoms with Crippen molar-refractivity contribution in [3.05, 3.63) is 40.5 Å². The van der Waals surface area contributed by atoms with Crippen molar-refractivity contribution in [3.63, 3.8) is 0 Å². The van der Waals surface area contributed by atoms with E-state index in [-0.39, 0.29) is 0 Å². The highest BCUT2D eigenvalue weighted by Gasteiger charge is 2.17. The predicted octanol–water partition coefficient (Wildman–Crippen LogP) is 2.43. The molecule has 2 rings (SSSR count). The highest BCUT2D eigenvalue weighted by molar-refractivity contribution is 7.10. The minimum absolute atomic E-state index is 0.663. The van der Waals surface area contributed by atoms with Crippen molar-refractivity contribution < 1.29 is 14.3 Å². The summed E-state index contributed by atoms with van der Waals surface area (Å²) in [6.45, 7) is 0. The van der Waals surface area contributed by atoms with E-state index in [1.165, 1.54) is 17.6 Å². The lowest BCUT2D eigenvalue weighted by Crippen LogP contribution is -1.97. The van der Waals surface area contributed by atoms with Gasteiger partial charge in [-0.15, -0.1) is 11.3 Å². The minimum Gasteiger partial charge on any atom is -0.495 e. The molecule has 0 aliphatic carbocycles. The molecule has 0 aliphatic heterocycles. The number of hydrogen-bond donors (Lipinski definition) is 1. The van der Waals surface area contributed by atoms with Crippen molar-refractivity contribution in [1.82, 2.24) is 0 Å². The number of rotatable bonds is 3. The fourth-order valence-corrected chi connectivity index (χ4v) is 2.13. The molecular formula is C10H10O3S. The number of ether oxygens (including phenoxy) is 1. The first kappa shape index (κ1) is 9.30. The van der Waals surface area contributed by atoms with Gasteiger partial charge in [0.2, 0.25) is 0 Å². The van der Waals surface area contributed by atoms with E-state index in [0.717, 1.165) is 10.4 Å². The third-order valence-corrected chi connectivity index (χ3v) is 2.94. The molecule has 0 saturated heterocycles. The Kier molecular flexibility index (Phi) is 2.56. The number of thiophene rings is 1. The lowest BCUT2D eigenvalue weighted by molar-refractivity contribution is 0.218. The molecule has 1 N–H and O–H groups in total. The molecule has 4 heteroatoms. The molecule has 2 aromatic heterocycles. The van der Waals surface area contributed by atoms with Crippen LogP contribution in [-0.4, -0.2) is 12.2 Å². The van der Waals surface area contributed by atoms with E-state index in [1.54, 1.807) is 19.4 Å². The van der Waals surface area contributed by atoms with Gasteiger partial charge in [0.15, 0.2) is 0 Å². The van der Waals surface area contributed by atoms with Gasteiger partial charge in [0.05, 0.1) is 24.5 Å². The molecule has 0 spiro atoms. The van der Waals surface area contributed by atoms with Gasteiger partial charge in [0.1, 0.15) is 11.9 Å². The molecule has 14 heavy (non-hydrogen) atoms. The largest absolute Gasteiger partial charge is 0.495 e. The maximum Gasteiger partial charge on any atom is 0.135 e. The van der Waals surface area contributed by atoms with Gasteiger partial charge in [-0.25, -0.2) is 0 Å². The zero-order valence-corrected chi connectivity index (χ0v) is 8.45. The molecule has 74 valence electrons. The third-order valence-electron chi connectivity index (χ3n) is 1.98. The van der Waals surface area contributed by atoms with Crippen molar-refractivity contribution >= 4 is 11.3 Å². The van der Waals surface area contributed by atoms with E-state index in [2.05, 4.69) is 0 Å². The molecule has 0 fully saturated rings. The molecule has 0 aliphatic rings. The highest BCUT2D eigenvalue weighted by atomic mass is 32.1. The van der Waals surface area contributed by atoms with Crippen molar-refractivity contribution in [1.29, 1.82) is 0 Å². The van der Waals surface area contributed by atoms with Crippen LogP contribution in [0.3, 0.4) is 0 Å². The molecule has 1 atom stereocenters. The van der Waals surface area contributed by atoms with Crippen LogP contribution in [-0.2, 0) is 0 Å². The first-order valence-corrected chi connectivity index (χ1v) is 5.02. The lowest BCUT2D eigenvalue weighted by Gasteiger charge is -2.07. The lowest BCUT2D eigenvalue weighted by atomic mass is 10.1.